The number of para-hydroxylation sites is 2. The molecule has 184 valence electrons. The standard InChI is InChI=1S/C39H23N/c1-2-6-27(7-3-1)40-32-9-5-4-8-28(32)30-18-21(14-15-33(30)40)29-20-26-17-24-11-10-22-16-23-12-13-25-19-31(29)39-37(25)35(23)34(22)36(24)38(26)39/h1-15,18,20H,16-17,19H2. The van der Waals surface area contributed by atoms with Gasteiger partial charge in [0.1, 0.15) is 0 Å². The van der Waals surface area contributed by atoms with E-state index >= 15 is 0 Å². The molecule has 1 aromatic heterocycles. The third kappa shape index (κ3) is 2.18. The van der Waals surface area contributed by atoms with Crippen LogP contribution in [0.25, 0.3) is 70.9 Å². The summed E-state index contributed by atoms with van der Waals surface area (Å²) >= 11 is 0. The Hall–Kier alpha value is -4.88. The zero-order chi connectivity index (χ0) is 25.7. The molecule has 0 amide bonds. The van der Waals surface area contributed by atoms with Gasteiger partial charge in [0.25, 0.3) is 0 Å². The first kappa shape index (κ1) is 20.1. The summed E-state index contributed by atoms with van der Waals surface area (Å²) < 4.78 is 2.41. The summed E-state index contributed by atoms with van der Waals surface area (Å²) in [6.45, 7) is 0. The smallest absolute Gasteiger partial charge is 0.0541 e. The van der Waals surface area contributed by atoms with E-state index < -0.39 is 0 Å². The number of fused-ring (bicyclic) bond motifs is 3. The normalized spacial score (nSPS) is 14.2. The first-order valence-electron chi connectivity index (χ1n) is 14.4. The maximum atomic E-state index is 2.55. The lowest BCUT2D eigenvalue weighted by atomic mass is 9.90. The van der Waals surface area contributed by atoms with Crippen LogP contribution in [-0.2, 0) is 19.3 Å². The van der Waals surface area contributed by atoms with Crippen LogP contribution in [0.5, 0.6) is 0 Å². The fourth-order valence-electron chi connectivity index (χ4n) is 8.63. The Kier molecular flexibility index (Phi) is 3.33. The van der Waals surface area contributed by atoms with E-state index in [4.69, 9.17) is 0 Å². The molecule has 11 rings (SSSR count). The molecular weight excluding hydrogens is 482 g/mol. The molecule has 0 radical (unpaired) electrons. The maximum Gasteiger partial charge on any atom is 0.0541 e. The molecule has 3 aliphatic carbocycles. The van der Waals surface area contributed by atoms with E-state index in [2.05, 4.69) is 108 Å². The minimum absolute atomic E-state index is 1.03. The van der Waals surface area contributed by atoms with Gasteiger partial charge < -0.3 is 4.57 Å². The van der Waals surface area contributed by atoms with E-state index in [-0.39, 0.29) is 0 Å². The lowest BCUT2D eigenvalue weighted by molar-refractivity contribution is 1.18. The second-order valence-corrected chi connectivity index (χ2v) is 12.0. The minimum atomic E-state index is 1.03. The predicted molar refractivity (Wildman–Crippen MR) is 167 cm³/mol. The van der Waals surface area contributed by atoms with Crippen molar-refractivity contribution in [3.8, 4) is 16.8 Å². The van der Waals surface area contributed by atoms with Crippen LogP contribution >= 0.6 is 0 Å². The van der Waals surface area contributed by atoms with Crippen molar-refractivity contribution in [2.45, 2.75) is 19.3 Å². The number of hydrogen-bond donors (Lipinski definition) is 0. The van der Waals surface area contributed by atoms with Gasteiger partial charge in [-0.2, -0.15) is 0 Å². The van der Waals surface area contributed by atoms with Gasteiger partial charge >= 0.3 is 0 Å². The Morgan fingerprint density at radius 1 is 0.425 bits per heavy atom. The molecule has 0 N–H and O–H groups in total. The number of hydrogen-bond acceptors (Lipinski definition) is 0. The Morgan fingerprint density at radius 3 is 1.80 bits per heavy atom. The van der Waals surface area contributed by atoms with Gasteiger partial charge in [-0.3, -0.25) is 0 Å². The molecule has 0 saturated carbocycles. The van der Waals surface area contributed by atoms with Crippen molar-refractivity contribution in [3.05, 3.63) is 137 Å². The van der Waals surface area contributed by atoms with E-state index in [1.54, 1.807) is 32.3 Å². The van der Waals surface area contributed by atoms with E-state index in [9.17, 15) is 0 Å². The predicted octanol–water partition coefficient (Wildman–Crippen LogP) is 9.62. The van der Waals surface area contributed by atoms with Gasteiger partial charge in [-0.05, 0) is 132 Å². The van der Waals surface area contributed by atoms with Crippen molar-refractivity contribution < 1.29 is 0 Å². The van der Waals surface area contributed by atoms with Crippen molar-refractivity contribution in [1.82, 2.24) is 4.57 Å². The Balaban J connectivity index is 1.25. The average molecular weight is 506 g/mol. The summed E-state index contributed by atoms with van der Waals surface area (Å²) in [4.78, 5) is 0. The summed E-state index contributed by atoms with van der Waals surface area (Å²) in [5, 5.41) is 12.0. The summed E-state index contributed by atoms with van der Waals surface area (Å²) in [7, 11) is 0. The van der Waals surface area contributed by atoms with Crippen molar-refractivity contribution in [3.63, 3.8) is 0 Å². The van der Waals surface area contributed by atoms with Crippen LogP contribution < -0.4 is 0 Å². The third-order valence-electron chi connectivity index (χ3n) is 10.1. The average Bonchev–Trinajstić information content (AvgIpc) is 3.74. The Morgan fingerprint density at radius 2 is 1.02 bits per heavy atom. The second-order valence-electron chi connectivity index (χ2n) is 12.0. The van der Waals surface area contributed by atoms with Crippen molar-refractivity contribution >= 4 is 54.1 Å². The molecule has 1 heteroatoms. The highest BCUT2D eigenvalue weighted by atomic mass is 15.0. The zero-order valence-corrected chi connectivity index (χ0v) is 21.9. The molecule has 0 bridgehead atoms. The number of nitrogens with zero attached hydrogens (tertiary/aromatic N) is 1. The zero-order valence-electron chi connectivity index (χ0n) is 21.9. The van der Waals surface area contributed by atoms with Crippen LogP contribution in [0.2, 0.25) is 0 Å². The van der Waals surface area contributed by atoms with Gasteiger partial charge in [0, 0.05) is 16.5 Å². The second kappa shape index (κ2) is 6.63. The minimum Gasteiger partial charge on any atom is -0.309 e. The molecule has 0 aliphatic heterocycles. The lowest BCUT2D eigenvalue weighted by Gasteiger charge is -2.14. The fraction of sp³-hybridized carbons (Fsp3) is 0.0769. The third-order valence-corrected chi connectivity index (χ3v) is 10.1. The summed E-state index contributed by atoms with van der Waals surface area (Å²) in [6.07, 6.45) is 3.16. The highest BCUT2D eigenvalue weighted by Gasteiger charge is 2.33. The highest BCUT2D eigenvalue weighted by molar-refractivity contribution is 6.34. The monoisotopic (exact) mass is 505 g/mol. The molecule has 7 aromatic carbocycles. The van der Waals surface area contributed by atoms with Crippen LogP contribution in [0, 0.1) is 0 Å². The van der Waals surface area contributed by atoms with E-state index in [0.717, 1.165) is 19.3 Å². The van der Waals surface area contributed by atoms with Crippen LogP contribution in [0.4, 0.5) is 0 Å². The topological polar surface area (TPSA) is 4.93 Å². The van der Waals surface area contributed by atoms with E-state index in [1.165, 1.54) is 72.0 Å². The molecular formula is C39H23N. The molecule has 0 saturated heterocycles. The van der Waals surface area contributed by atoms with Crippen LogP contribution in [-0.4, -0.2) is 4.57 Å². The van der Waals surface area contributed by atoms with Crippen LogP contribution in [0.15, 0.2) is 103 Å². The Labute approximate surface area is 230 Å². The highest BCUT2D eigenvalue weighted by Crippen LogP contribution is 2.55. The number of benzene rings is 7. The summed E-state index contributed by atoms with van der Waals surface area (Å²) in [5.41, 5.74) is 15.6. The van der Waals surface area contributed by atoms with Gasteiger partial charge in [0.2, 0.25) is 0 Å². The molecule has 1 heterocycles. The van der Waals surface area contributed by atoms with Crippen molar-refractivity contribution in [2.24, 2.45) is 0 Å². The molecule has 0 atom stereocenters. The van der Waals surface area contributed by atoms with Gasteiger partial charge in [0.15, 0.2) is 0 Å². The number of aromatic nitrogens is 1. The molecule has 40 heavy (non-hydrogen) atoms. The molecule has 3 aliphatic rings. The van der Waals surface area contributed by atoms with Crippen LogP contribution in [0.3, 0.4) is 0 Å². The SMILES string of the molecule is c1ccc(-n2c3ccccc3c3cc(-c4cc5c6c7c(ccc8c7c7c(ccc9c7c6c4C9)C8)C5)ccc32)cc1. The molecule has 8 aromatic rings. The molecule has 1 nitrogen and oxygen atoms in total. The van der Waals surface area contributed by atoms with Gasteiger partial charge in [-0.25, -0.2) is 0 Å². The number of rotatable bonds is 2. The maximum absolute atomic E-state index is 2.55. The van der Waals surface area contributed by atoms with Gasteiger partial charge in [-0.15, -0.1) is 0 Å². The van der Waals surface area contributed by atoms with Gasteiger partial charge in [-0.1, -0.05) is 66.7 Å². The Bertz CT molecular complexity index is 2460. The first-order chi connectivity index (χ1) is 19.8. The largest absolute Gasteiger partial charge is 0.309 e. The van der Waals surface area contributed by atoms with Crippen molar-refractivity contribution in [2.75, 3.05) is 0 Å². The van der Waals surface area contributed by atoms with E-state index in [0.29, 0.717) is 0 Å². The summed E-state index contributed by atoms with van der Waals surface area (Å²) in [5.74, 6) is 0. The van der Waals surface area contributed by atoms with Crippen molar-refractivity contribution in [1.29, 1.82) is 0 Å². The first-order valence-corrected chi connectivity index (χ1v) is 14.4. The molecule has 0 fully saturated rings. The quantitative estimate of drug-likeness (QED) is 0.206. The van der Waals surface area contributed by atoms with Crippen LogP contribution in [0.1, 0.15) is 33.4 Å². The molecule has 0 unspecified atom stereocenters. The summed E-state index contributed by atoms with van der Waals surface area (Å²) in [6, 6.07) is 39.0. The molecule has 0 spiro atoms. The lowest BCUT2D eigenvalue weighted by Crippen LogP contribution is -1.94. The van der Waals surface area contributed by atoms with Gasteiger partial charge in [0.05, 0.1) is 11.0 Å². The van der Waals surface area contributed by atoms with E-state index in [1.807, 2.05) is 0 Å². The fourth-order valence-corrected chi connectivity index (χ4v) is 8.63.